The summed E-state index contributed by atoms with van der Waals surface area (Å²) in [6, 6.07) is 2.26. The van der Waals surface area contributed by atoms with Crippen molar-refractivity contribution in [3.63, 3.8) is 0 Å². The van der Waals surface area contributed by atoms with Crippen LogP contribution in [-0.2, 0) is 30.4 Å². The maximum absolute atomic E-state index is 12.7. The number of nitrogens with one attached hydrogen (secondary N) is 4. The second-order valence-corrected chi connectivity index (χ2v) is 10.3. The number of carbonyl (C=O) groups excluding carboxylic acids is 4. The fraction of sp³-hybridized carbons (Fsp3) is 0.560. The molecule has 0 saturated heterocycles. The number of aromatic hydroxyl groups is 1. The average Bonchev–Trinajstić information content (AvgIpc) is 2.85. The minimum atomic E-state index is -1.16. The molecule has 12 nitrogen and oxygen atoms in total. The Hall–Kier alpha value is -3.32. The Bertz CT molecular complexity index is 958. The van der Waals surface area contributed by atoms with Crippen LogP contribution in [0.3, 0.4) is 0 Å². The first kappa shape index (κ1) is 32.7. The van der Waals surface area contributed by atoms with E-state index in [0.717, 1.165) is 5.56 Å². The van der Waals surface area contributed by atoms with Crippen molar-refractivity contribution in [2.24, 2.45) is 11.7 Å². The van der Waals surface area contributed by atoms with Crippen LogP contribution in [0, 0.1) is 5.92 Å². The Labute approximate surface area is 226 Å². The van der Waals surface area contributed by atoms with Crippen LogP contribution in [0.5, 0.6) is 5.75 Å². The van der Waals surface area contributed by atoms with Crippen LogP contribution >= 0.6 is 11.8 Å². The molecule has 0 unspecified atom stereocenters. The minimum absolute atomic E-state index is 0.0377. The number of nitrogens with two attached hydrogens (primary N) is 1. The van der Waals surface area contributed by atoms with Gasteiger partial charge < -0.3 is 37.2 Å². The first-order chi connectivity index (χ1) is 17.8. The maximum Gasteiger partial charge on any atom is 0.326 e. The number of thioether (sulfide) groups is 1. The number of phenolic OH excluding ortho intramolecular Hbond substituents is 1. The molecule has 0 spiro atoms. The summed E-state index contributed by atoms with van der Waals surface area (Å²) in [6.07, 6.45) is 2.54. The zero-order chi connectivity index (χ0) is 28.8. The van der Waals surface area contributed by atoms with Crippen molar-refractivity contribution in [2.45, 2.75) is 64.2 Å². The largest absolute Gasteiger partial charge is 0.508 e. The third kappa shape index (κ3) is 12.3. The van der Waals surface area contributed by atoms with Crippen LogP contribution in [0.1, 0.15) is 39.2 Å². The molecule has 1 aromatic carbocycles. The lowest BCUT2D eigenvalue weighted by atomic mass is 10.0. The summed E-state index contributed by atoms with van der Waals surface area (Å²) in [7, 11) is 0. The van der Waals surface area contributed by atoms with Crippen LogP contribution in [0.15, 0.2) is 24.3 Å². The Balaban J connectivity index is 2.60. The van der Waals surface area contributed by atoms with E-state index in [1.807, 2.05) is 20.1 Å². The Morgan fingerprint density at radius 3 is 2.11 bits per heavy atom. The highest BCUT2D eigenvalue weighted by Gasteiger charge is 2.27. The van der Waals surface area contributed by atoms with Crippen molar-refractivity contribution in [1.29, 1.82) is 0 Å². The third-order valence-corrected chi connectivity index (χ3v) is 6.13. The van der Waals surface area contributed by atoms with E-state index in [4.69, 9.17) is 5.73 Å². The van der Waals surface area contributed by atoms with Gasteiger partial charge in [-0.1, -0.05) is 26.0 Å². The number of aliphatic carboxylic acids is 1. The summed E-state index contributed by atoms with van der Waals surface area (Å²) < 4.78 is 0. The summed E-state index contributed by atoms with van der Waals surface area (Å²) in [5.41, 5.74) is 6.65. The molecule has 0 aliphatic carbocycles. The first-order valence-electron chi connectivity index (χ1n) is 12.3. The number of hydrogen-bond acceptors (Lipinski definition) is 8. The van der Waals surface area contributed by atoms with Gasteiger partial charge in [-0.2, -0.15) is 11.8 Å². The van der Waals surface area contributed by atoms with Crippen LogP contribution < -0.4 is 27.0 Å². The number of carboxylic acids is 1. The van der Waals surface area contributed by atoms with Crippen LogP contribution in [0.25, 0.3) is 0 Å². The quantitative estimate of drug-likeness (QED) is 0.144. The third-order valence-electron chi connectivity index (χ3n) is 5.49. The predicted molar refractivity (Wildman–Crippen MR) is 144 cm³/mol. The summed E-state index contributed by atoms with van der Waals surface area (Å²) >= 11 is 1.46. The summed E-state index contributed by atoms with van der Waals surface area (Å²) in [5.74, 6) is -2.93. The second-order valence-electron chi connectivity index (χ2n) is 9.36. The van der Waals surface area contributed by atoms with Gasteiger partial charge in [0.25, 0.3) is 0 Å². The molecule has 0 radical (unpaired) electrons. The van der Waals surface area contributed by atoms with E-state index in [2.05, 4.69) is 21.3 Å². The van der Waals surface area contributed by atoms with Crippen molar-refractivity contribution in [3.8, 4) is 5.75 Å². The number of hydrogen-bond donors (Lipinski definition) is 7. The molecule has 13 heteroatoms. The van der Waals surface area contributed by atoms with E-state index >= 15 is 0 Å². The molecule has 0 saturated carbocycles. The number of benzene rings is 1. The fourth-order valence-electron chi connectivity index (χ4n) is 3.40. The van der Waals surface area contributed by atoms with Gasteiger partial charge in [0.15, 0.2) is 0 Å². The van der Waals surface area contributed by atoms with Crippen molar-refractivity contribution in [2.75, 3.05) is 18.6 Å². The highest BCUT2D eigenvalue weighted by Crippen LogP contribution is 2.11. The Morgan fingerprint density at radius 2 is 1.55 bits per heavy atom. The van der Waals surface area contributed by atoms with Crippen molar-refractivity contribution < 1.29 is 34.2 Å². The molecule has 4 amide bonds. The maximum atomic E-state index is 12.7. The number of carboxylic acid groups (broad SMARTS) is 1. The van der Waals surface area contributed by atoms with Crippen molar-refractivity contribution in [1.82, 2.24) is 21.3 Å². The van der Waals surface area contributed by atoms with Crippen molar-refractivity contribution >= 4 is 41.4 Å². The van der Waals surface area contributed by atoms with Gasteiger partial charge in [-0.25, -0.2) is 4.79 Å². The Kier molecular flexibility index (Phi) is 14.2. The Morgan fingerprint density at radius 1 is 0.921 bits per heavy atom. The van der Waals surface area contributed by atoms with Crippen LogP contribution in [0.2, 0.25) is 0 Å². The van der Waals surface area contributed by atoms with Gasteiger partial charge in [0.2, 0.25) is 23.6 Å². The standard InChI is InChI=1S/C25H39N5O7S/c1-14(2)11-20(25(36)37)30-24(35)19(9-10-38-4)29-21(32)13-27-22(33)15(3)28-23(34)18(26)12-16-5-7-17(31)8-6-16/h5-8,14-15,18-20,31H,9-13,26H2,1-4H3,(H,27,33)(H,28,34)(H,29,32)(H,30,35)(H,36,37)/t15-,18+,19+,20+/m0/s1. The molecule has 1 rings (SSSR count). The molecule has 212 valence electrons. The lowest BCUT2D eigenvalue weighted by Crippen LogP contribution is -2.55. The molecule has 0 fully saturated rings. The molecule has 38 heavy (non-hydrogen) atoms. The van der Waals surface area contributed by atoms with E-state index in [-0.39, 0.29) is 30.9 Å². The van der Waals surface area contributed by atoms with E-state index in [0.29, 0.717) is 5.75 Å². The fourth-order valence-corrected chi connectivity index (χ4v) is 3.87. The predicted octanol–water partition coefficient (Wildman–Crippen LogP) is -0.264. The van der Waals surface area contributed by atoms with E-state index in [1.165, 1.54) is 30.8 Å². The first-order valence-corrected chi connectivity index (χ1v) is 13.7. The van der Waals surface area contributed by atoms with Gasteiger partial charge >= 0.3 is 5.97 Å². The monoisotopic (exact) mass is 553 g/mol. The summed E-state index contributed by atoms with van der Waals surface area (Å²) in [4.78, 5) is 61.4. The minimum Gasteiger partial charge on any atom is -0.508 e. The van der Waals surface area contributed by atoms with Crippen LogP contribution in [-0.4, -0.2) is 82.5 Å². The lowest BCUT2D eigenvalue weighted by molar-refractivity contribution is -0.142. The molecule has 0 aromatic heterocycles. The van der Waals surface area contributed by atoms with Gasteiger partial charge in [-0.15, -0.1) is 0 Å². The molecule has 0 aliphatic rings. The smallest absolute Gasteiger partial charge is 0.326 e. The SMILES string of the molecule is CSCC[C@@H](NC(=O)CNC(=O)[C@H](C)NC(=O)[C@H](N)Cc1ccc(O)cc1)C(=O)N[C@H](CC(C)C)C(=O)O. The van der Waals surface area contributed by atoms with Gasteiger partial charge in [-0.05, 0) is 61.8 Å². The number of amides is 4. The zero-order valence-corrected chi connectivity index (χ0v) is 23.0. The zero-order valence-electron chi connectivity index (χ0n) is 22.2. The molecule has 8 N–H and O–H groups in total. The van der Waals surface area contributed by atoms with Gasteiger partial charge in [0.1, 0.15) is 23.9 Å². The summed E-state index contributed by atoms with van der Waals surface area (Å²) in [5, 5.41) is 28.6. The molecular weight excluding hydrogens is 514 g/mol. The normalized spacial score (nSPS) is 14.1. The van der Waals surface area contributed by atoms with Gasteiger partial charge in [0, 0.05) is 0 Å². The molecule has 1 aromatic rings. The van der Waals surface area contributed by atoms with Crippen LogP contribution in [0.4, 0.5) is 0 Å². The average molecular weight is 554 g/mol. The van der Waals surface area contributed by atoms with E-state index < -0.39 is 60.3 Å². The molecule has 4 atom stereocenters. The van der Waals surface area contributed by atoms with Gasteiger partial charge in [-0.3, -0.25) is 19.2 Å². The number of rotatable bonds is 16. The topological polar surface area (TPSA) is 200 Å². The highest BCUT2D eigenvalue weighted by atomic mass is 32.2. The number of carbonyl (C=O) groups is 5. The summed E-state index contributed by atoms with van der Waals surface area (Å²) in [6.45, 7) is 4.67. The van der Waals surface area contributed by atoms with Crippen molar-refractivity contribution in [3.05, 3.63) is 29.8 Å². The second kappa shape index (κ2) is 16.5. The molecule has 0 heterocycles. The lowest BCUT2D eigenvalue weighted by Gasteiger charge is -2.22. The van der Waals surface area contributed by atoms with Gasteiger partial charge in [0.05, 0.1) is 12.6 Å². The highest BCUT2D eigenvalue weighted by molar-refractivity contribution is 7.98. The molecular formula is C25H39N5O7S. The number of phenols is 1. The molecule has 0 bridgehead atoms. The van der Waals surface area contributed by atoms with E-state index in [1.54, 1.807) is 12.1 Å². The van der Waals surface area contributed by atoms with E-state index in [9.17, 15) is 34.2 Å². The molecule has 0 aliphatic heterocycles.